The van der Waals surface area contributed by atoms with Gasteiger partial charge in [0.15, 0.2) is 0 Å². The van der Waals surface area contributed by atoms with E-state index in [1.165, 1.54) is 5.56 Å². The number of benzene rings is 1. The van der Waals surface area contributed by atoms with Gasteiger partial charge in [-0.2, -0.15) is 0 Å². The lowest BCUT2D eigenvalue weighted by Crippen LogP contribution is -2.32. The normalized spacial score (nSPS) is 18.2. The van der Waals surface area contributed by atoms with E-state index in [4.69, 9.17) is 14.2 Å². The van der Waals surface area contributed by atoms with Crippen molar-refractivity contribution < 1.29 is 14.2 Å². The zero-order chi connectivity index (χ0) is 15.2. The number of hydrogen-bond donors (Lipinski definition) is 1. The van der Waals surface area contributed by atoms with Crippen molar-refractivity contribution in [3.05, 3.63) is 23.3 Å². The van der Waals surface area contributed by atoms with Crippen molar-refractivity contribution in [3.63, 3.8) is 0 Å². The van der Waals surface area contributed by atoms with E-state index < -0.39 is 0 Å². The van der Waals surface area contributed by atoms with Gasteiger partial charge >= 0.3 is 0 Å². The van der Waals surface area contributed by atoms with Crippen LogP contribution in [0.5, 0.6) is 11.5 Å². The molecule has 0 saturated heterocycles. The summed E-state index contributed by atoms with van der Waals surface area (Å²) in [4.78, 5) is 0. The Morgan fingerprint density at radius 1 is 1.38 bits per heavy atom. The number of ether oxygens (including phenoxy) is 3. The summed E-state index contributed by atoms with van der Waals surface area (Å²) in [6.07, 6.45) is 2.26. The van der Waals surface area contributed by atoms with Crippen molar-refractivity contribution in [1.29, 1.82) is 0 Å². The van der Waals surface area contributed by atoms with E-state index in [1.54, 1.807) is 7.11 Å². The predicted molar refractivity (Wildman–Crippen MR) is 84.2 cm³/mol. The predicted octanol–water partition coefficient (Wildman–Crippen LogP) is 2.92. The Morgan fingerprint density at radius 2 is 2.19 bits per heavy atom. The van der Waals surface area contributed by atoms with Crippen LogP contribution in [0.15, 0.2) is 12.1 Å². The monoisotopic (exact) mass is 293 g/mol. The van der Waals surface area contributed by atoms with Gasteiger partial charge in [-0.3, -0.25) is 0 Å². The first kappa shape index (κ1) is 16.1. The van der Waals surface area contributed by atoms with Crippen LogP contribution >= 0.6 is 0 Å². The largest absolute Gasteiger partial charge is 0.494 e. The Labute approximate surface area is 127 Å². The zero-order valence-corrected chi connectivity index (χ0v) is 13.6. The molecule has 0 aliphatic carbocycles. The molecule has 4 heteroatoms. The maximum absolute atomic E-state index is 5.85. The van der Waals surface area contributed by atoms with E-state index in [9.17, 15) is 0 Å². The van der Waals surface area contributed by atoms with Gasteiger partial charge < -0.3 is 19.5 Å². The third kappa shape index (κ3) is 4.11. The number of fused-ring (bicyclic) bond motifs is 1. The van der Waals surface area contributed by atoms with Gasteiger partial charge in [-0.05, 0) is 32.4 Å². The second kappa shape index (κ2) is 7.66. The molecule has 1 aromatic carbocycles. The highest BCUT2D eigenvalue weighted by Gasteiger charge is 2.22. The van der Waals surface area contributed by atoms with Crippen LogP contribution in [0.4, 0.5) is 0 Å². The fourth-order valence-corrected chi connectivity index (χ4v) is 2.69. The SMILES string of the molecule is CCOc1cc2c(cc1CNC(CC)COC)OC(C)C2. The van der Waals surface area contributed by atoms with E-state index in [1.807, 2.05) is 6.92 Å². The average molecular weight is 293 g/mol. The highest BCUT2D eigenvalue weighted by Crippen LogP contribution is 2.35. The molecule has 2 rings (SSSR count). The lowest BCUT2D eigenvalue weighted by atomic mass is 10.1. The maximum atomic E-state index is 5.85. The maximum Gasteiger partial charge on any atom is 0.124 e. The van der Waals surface area contributed by atoms with Gasteiger partial charge in [0.25, 0.3) is 0 Å². The molecule has 0 aromatic heterocycles. The molecular weight excluding hydrogens is 266 g/mol. The highest BCUT2D eigenvalue weighted by molar-refractivity contribution is 5.48. The molecule has 2 atom stereocenters. The van der Waals surface area contributed by atoms with Crippen LogP contribution in [0, 0.1) is 0 Å². The molecule has 118 valence electrons. The van der Waals surface area contributed by atoms with Gasteiger partial charge in [-0.1, -0.05) is 6.92 Å². The highest BCUT2D eigenvalue weighted by atomic mass is 16.5. The molecule has 1 aliphatic rings. The average Bonchev–Trinajstić information content (AvgIpc) is 2.82. The van der Waals surface area contributed by atoms with Gasteiger partial charge in [-0.25, -0.2) is 0 Å². The Kier molecular flexibility index (Phi) is 5.88. The van der Waals surface area contributed by atoms with Crippen molar-refractivity contribution in [2.75, 3.05) is 20.3 Å². The van der Waals surface area contributed by atoms with Crippen LogP contribution in [0.2, 0.25) is 0 Å². The van der Waals surface area contributed by atoms with Gasteiger partial charge in [0, 0.05) is 37.2 Å². The minimum absolute atomic E-state index is 0.259. The summed E-state index contributed by atoms with van der Waals surface area (Å²) < 4.78 is 16.9. The number of rotatable bonds is 8. The Balaban J connectivity index is 2.12. The molecule has 0 bridgehead atoms. The minimum Gasteiger partial charge on any atom is -0.494 e. The third-order valence-corrected chi connectivity index (χ3v) is 3.82. The second-order valence-electron chi connectivity index (χ2n) is 5.57. The van der Waals surface area contributed by atoms with Crippen molar-refractivity contribution in [1.82, 2.24) is 5.32 Å². The number of methoxy groups -OCH3 is 1. The molecule has 0 radical (unpaired) electrons. The second-order valence-corrected chi connectivity index (χ2v) is 5.57. The molecule has 1 aromatic rings. The Hall–Kier alpha value is -1.26. The molecule has 0 spiro atoms. The first-order chi connectivity index (χ1) is 10.2. The lowest BCUT2D eigenvalue weighted by molar-refractivity contribution is 0.163. The van der Waals surface area contributed by atoms with Crippen LogP contribution in [-0.4, -0.2) is 32.5 Å². The molecule has 0 amide bonds. The molecule has 1 heterocycles. The van der Waals surface area contributed by atoms with E-state index in [0.29, 0.717) is 12.6 Å². The van der Waals surface area contributed by atoms with Crippen molar-refractivity contribution in [3.8, 4) is 11.5 Å². The van der Waals surface area contributed by atoms with Gasteiger partial charge in [0.1, 0.15) is 17.6 Å². The van der Waals surface area contributed by atoms with Gasteiger partial charge in [-0.15, -0.1) is 0 Å². The van der Waals surface area contributed by atoms with Crippen molar-refractivity contribution >= 4 is 0 Å². The molecular formula is C17H27NO3. The molecule has 21 heavy (non-hydrogen) atoms. The lowest BCUT2D eigenvalue weighted by Gasteiger charge is -2.18. The topological polar surface area (TPSA) is 39.7 Å². The van der Waals surface area contributed by atoms with E-state index >= 15 is 0 Å². The van der Waals surface area contributed by atoms with Crippen LogP contribution in [0.3, 0.4) is 0 Å². The minimum atomic E-state index is 0.259. The molecule has 0 saturated carbocycles. The molecule has 2 unspecified atom stereocenters. The third-order valence-electron chi connectivity index (χ3n) is 3.82. The van der Waals surface area contributed by atoms with Crippen LogP contribution in [-0.2, 0) is 17.7 Å². The quantitative estimate of drug-likeness (QED) is 0.800. The fourth-order valence-electron chi connectivity index (χ4n) is 2.69. The standard InChI is InChI=1S/C17H27NO3/c1-5-15(11-19-4)18-10-14-9-17-13(7-12(3)21-17)8-16(14)20-6-2/h8-9,12,15,18H,5-7,10-11H2,1-4H3. The number of hydrogen-bond acceptors (Lipinski definition) is 4. The molecule has 4 nitrogen and oxygen atoms in total. The summed E-state index contributed by atoms with van der Waals surface area (Å²) in [6, 6.07) is 4.62. The van der Waals surface area contributed by atoms with Crippen LogP contribution in [0.1, 0.15) is 38.3 Å². The number of nitrogens with one attached hydrogen (secondary N) is 1. The molecule has 1 aliphatic heterocycles. The smallest absolute Gasteiger partial charge is 0.124 e. The first-order valence-corrected chi connectivity index (χ1v) is 7.85. The fraction of sp³-hybridized carbons (Fsp3) is 0.647. The summed E-state index contributed by atoms with van der Waals surface area (Å²) >= 11 is 0. The van der Waals surface area contributed by atoms with E-state index in [-0.39, 0.29) is 6.10 Å². The molecule has 1 N–H and O–H groups in total. The summed E-state index contributed by atoms with van der Waals surface area (Å²) in [5.41, 5.74) is 2.40. The van der Waals surface area contributed by atoms with E-state index in [2.05, 4.69) is 31.3 Å². The van der Waals surface area contributed by atoms with E-state index in [0.717, 1.165) is 43.1 Å². The van der Waals surface area contributed by atoms with Crippen LogP contribution < -0.4 is 14.8 Å². The van der Waals surface area contributed by atoms with Crippen LogP contribution in [0.25, 0.3) is 0 Å². The van der Waals surface area contributed by atoms with Gasteiger partial charge in [0.2, 0.25) is 0 Å². The summed E-state index contributed by atoms with van der Waals surface area (Å²) in [5.74, 6) is 1.97. The summed E-state index contributed by atoms with van der Waals surface area (Å²) in [7, 11) is 1.74. The van der Waals surface area contributed by atoms with Gasteiger partial charge in [0.05, 0.1) is 13.2 Å². The zero-order valence-electron chi connectivity index (χ0n) is 13.6. The summed E-state index contributed by atoms with van der Waals surface area (Å²) in [6.45, 7) is 8.44. The first-order valence-electron chi connectivity index (χ1n) is 7.85. The van der Waals surface area contributed by atoms with Crippen molar-refractivity contribution in [2.24, 2.45) is 0 Å². The Morgan fingerprint density at radius 3 is 2.86 bits per heavy atom. The Bertz CT molecular complexity index is 462. The van der Waals surface area contributed by atoms with Crippen molar-refractivity contribution in [2.45, 2.75) is 52.3 Å². The molecule has 0 fully saturated rings. The summed E-state index contributed by atoms with van der Waals surface area (Å²) in [5, 5.41) is 3.53.